The van der Waals surface area contributed by atoms with E-state index in [4.69, 9.17) is 5.11 Å². The van der Waals surface area contributed by atoms with Crippen molar-refractivity contribution in [2.75, 3.05) is 6.61 Å². The van der Waals surface area contributed by atoms with Crippen molar-refractivity contribution < 1.29 is 10.2 Å². The maximum atomic E-state index is 12.6. The highest BCUT2D eigenvalue weighted by Gasteiger charge is 2.18. The van der Waals surface area contributed by atoms with Crippen LogP contribution in [0.1, 0.15) is 28.7 Å². The van der Waals surface area contributed by atoms with E-state index in [1.807, 2.05) is 38.1 Å². The molecule has 0 aliphatic carbocycles. The van der Waals surface area contributed by atoms with Crippen LogP contribution in [-0.4, -0.2) is 21.4 Å². The highest BCUT2D eigenvalue weighted by molar-refractivity contribution is 5.57. The number of rotatable bonds is 5. The minimum absolute atomic E-state index is 0.00597. The number of aromatic hydroxyl groups is 1. The normalized spacial score (nSPS) is 11.0. The van der Waals surface area contributed by atoms with Crippen molar-refractivity contribution >= 4 is 11.4 Å². The number of aliphatic hydroxyl groups excluding tert-OH is 1. The van der Waals surface area contributed by atoms with Crippen molar-refractivity contribution in [3.63, 3.8) is 0 Å². The molecule has 7 nitrogen and oxygen atoms in total. The second kappa shape index (κ2) is 7.73. The standard InChI is InChI=1S/C18H20N4O3/c1-11-7-12(2)9-14(8-11)20-21-16-13(3)15(10-19)17(24)22(18(16)25)5-4-6-23/h7-9,23-24H,4-6H2,1-3H3. The predicted octanol–water partition coefficient (Wildman–Crippen LogP) is 3.15. The van der Waals surface area contributed by atoms with Gasteiger partial charge in [0, 0.05) is 18.7 Å². The molecule has 0 unspecified atom stereocenters. The Kier molecular flexibility index (Phi) is 5.67. The van der Waals surface area contributed by atoms with Gasteiger partial charge < -0.3 is 10.2 Å². The summed E-state index contributed by atoms with van der Waals surface area (Å²) in [4.78, 5) is 12.6. The first-order chi connectivity index (χ1) is 11.9. The molecule has 2 aromatic rings. The summed E-state index contributed by atoms with van der Waals surface area (Å²) in [6.45, 7) is 5.37. The first-order valence-electron chi connectivity index (χ1n) is 7.86. The predicted molar refractivity (Wildman–Crippen MR) is 93.6 cm³/mol. The Labute approximate surface area is 145 Å². The van der Waals surface area contributed by atoms with Crippen LogP contribution in [0, 0.1) is 32.1 Å². The zero-order chi connectivity index (χ0) is 18.6. The second-order valence-corrected chi connectivity index (χ2v) is 5.86. The number of nitriles is 1. The summed E-state index contributed by atoms with van der Waals surface area (Å²) in [6.07, 6.45) is 0.273. The largest absolute Gasteiger partial charge is 0.493 e. The van der Waals surface area contributed by atoms with Gasteiger partial charge in [0.25, 0.3) is 5.56 Å². The molecular formula is C18H20N4O3. The average molecular weight is 340 g/mol. The zero-order valence-corrected chi connectivity index (χ0v) is 14.4. The van der Waals surface area contributed by atoms with Crippen molar-refractivity contribution in [1.82, 2.24) is 4.57 Å². The van der Waals surface area contributed by atoms with Crippen LogP contribution in [0.4, 0.5) is 11.4 Å². The summed E-state index contributed by atoms with van der Waals surface area (Å²) in [5, 5.41) is 36.5. The maximum absolute atomic E-state index is 12.6. The summed E-state index contributed by atoms with van der Waals surface area (Å²) < 4.78 is 1.04. The summed E-state index contributed by atoms with van der Waals surface area (Å²) in [5.41, 5.74) is 2.36. The van der Waals surface area contributed by atoms with Gasteiger partial charge in [-0.15, -0.1) is 5.11 Å². The number of benzene rings is 1. The van der Waals surface area contributed by atoms with E-state index in [9.17, 15) is 15.2 Å². The van der Waals surface area contributed by atoms with Gasteiger partial charge in [-0.05, 0) is 50.5 Å². The molecule has 0 fully saturated rings. The third-order valence-electron chi connectivity index (χ3n) is 3.78. The lowest BCUT2D eigenvalue weighted by Gasteiger charge is -2.12. The molecule has 1 aromatic carbocycles. The highest BCUT2D eigenvalue weighted by atomic mass is 16.3. The van der Waals surface area contributed by atoms with Crippen LogP contribution >= 0.6 is 0 Å². The molecule has 0 aliphatic rings. The fraction of sp³-hybridized carbons (Fsp3) is 0.333. The van der Waals surface area contributed by atoms with Crippen molar-refractivity contribution in [2.45, 2.75) is 33.7 Å². The molecule has 1 heterocycles. The number of azo groups is 1. The van der Waals surface area contributed by atoms with Crippen LogP contribution in [0.25, 0.3) is 0 Å². The van der Waals surface area contributed by atoms with Gasteiger partial charge in [0.2, 0.25) is 5.88 Å². The van der Waals surface area contributed by atoms with E-state index < -0.39 is 11.4 Å². The SMILES string of the molecule is Cc1cc(C)cc(N=Nc2c(C)c(C#N)c(O)n(CCCO)c2=O)c1. The monoisotopic (exact) mass is 340 g/mol. The fourth-order valence-corrected chi connectivity index (χ4v) is 2.61. The quantitative estimate of drug-likeness (QED) is 0.814. The first-order valence-corrected chi connectivity index (χ1v) is 7.86. The molecule has 25 heavy (non-hydrogen) atoms. The summed E-state index contributed by atoms with van der Waals surface area (Å²) in [6, 6.07) is 7.56. The molecule has 0 aliphatic heterocycles. The van der Waals surface area contributed by atoms with Crippen LogP contribution in [0.15, 0.2) is 33.2 Å². The number of aliphatic hydroxyl groups is 1. The van der Waals surface area contributed by atoms with Crippen molar-refractivity contribution in [3.8, 4) is 11.9 Å². The lowest BCUT2D eigenvalue weighted by molar-refractivity contribution is 0.274. The van der Waals surface area contributed by atoms with Crippen LogP contribution in [0.5, 0.6) is 5.88 Å². The summed E-state index contributed by atoms with van der Waals surface area (Å²) in [7, 11) is 0. The molecule has 0 amide bonds. The molecule has 2 rings (SSSR count). The number of aryl methyl sites for hydroxylation is 2. The van der Waals surface area contributed by atoms with Gasteiger partial charge in [-0.2, -0.15) is 10.4 Å². The van der Waals surface area contributed by atoms with E-state index in [0.717, 1.165) is 15.7 Å². The number of hydrogen-bond acceptors (Lipinski definition) is 6. The minimum Gasteiger partial charge on any atom is -0.493 e. The lowest BCUT2D eigenvalue weighted by atomic mass is 10.1. The van der Waals surface area contributed by atoms with Gasteiger partial charge in [0.1, 0.15) is 11.6 Å². The van der Waals surface area contributed by atoms with E-state index in [0.29, 0.717) is 5.69 Å². The molecule has 130 valence electrons. The summed E-state index contributed by atoms with van der Waals surface area (Å²) in [5.74, 6) is -0.413. The van der Waals surface area contributed by atoms with Crippen LogP contribution in [0.2, 0.25) is 0 Å². The molecule has 7 heteroatoms. The molecular weight excluding hydrogens is 320 g/mol. The molecule has 0 spiro atoms. The number of pyridine rings is 1. The minimum atomic E-state index is -0.546. The second-order valence-electron chi connectivity index (χ2n) is 5.86. The van der Waals surface area contributed by atoms with Gasteiger partial charge in [-0.3, -0.25) is 9.36 Å². The first kappa shape index (κ1) is 18.4. The van der Waals surface area contributed by atoms with E-state index in [1.54, 1.807) is 6.92 Å². The third kappa shape index (κ3) is 3.92. The lowest BCUT2D eigenvalue weighted by Crippen LogP contribution is -2.22. The molecule has 0 saturated heterocycles. The van der Waals surface area contributed by atoms with Gasteiger partial charge in [-0.25, -0.2) is 0 Å². The van der Waals surface area contributed by atoms with Crippen LogP contribution < -0.4 is 5.56 Å². The van der Waals surface area contributed by atoms with Crippen molar-refractivity contribution in [1.29, 1.82) is 5.26 Å². The van der Waals surface area contributed by atoms with E-state index in [1.165, 1.54) is 0 Å². The Bertz CT molecular complexity index is 903. The third-order valence-corrected chi connectivity index (χ3v) is 3.78. The van der Waals surface area contributed by atoms with Crippen molar-refractivity contribution in [2.24, 2.45) is 10.2 Å². The van der Waals surface area contributed by atoms with Crippen LogP contribution in [0.3, 0.4) is 0 Å². The number of aromatic nitrogens is 1. The Morgan fingerprint density at radius 1 is 1.16 bits per heavy atom. The Balaban J connectivity index is 2.58. The van der Waals surface area contributed by atoms with E-state index >= 15 is 0 Å². The van der Waals surface area contributed by atoms with Gasteiger partial charge >= 0.3 is 0 Å². The van der Waals surface area contributed by atoms with E-state index in [-0.39, 0.29) is 36.4 Å². The maximum Gasteiger partial charge on any atom is 0.281 e. The molecule has 0 atom stereocenters. The van der Waals surface area contributed by atoms with Crippen molar-refractivity contribution in [3.05, 3.63) is 50.8 Å². The van der Waals surface area contributed by atoms with Gasteiger partial charge in [0.15, 0.2) is 5.69 Å². The zero-order valence-electron chi connectivity index (χ0n) is 14.4. The Morgan fingerprint density at radius 2 is 1.80 bits per heavy atom. The summed E-state index contributed by atoms with van der Waals surface area (Å²) >= 11 is 0. The smallest absolute Gasteiger partial charge is 0.281 e. The Hall–Kier alpha value is -2.98. The highest BCUT2D eigenvalue weighted by Crippen LogP contribution is 2.27. The number of nitrogens with zero attached hydrogens (tertiary/aromatic N) is 4. The molecule has 0 saturated carbocycles. The van der Waals surface area contributed by atoms with Crippen LogP contribution in [-0.2, 0) is 6.54 Å². The topological polar surface area (TPSA) is 111 Å². The molecule has 0 radical (unpaired) electrons. The Morgan fingerprint density at radius 3 is 2.36 bits per heavy atom. The molecule has 2 N–H and O–H groups in total. The fourth-order valence-electron chi connectivity index (χ4n) is 2.61. The average Bonchev–Trinajstić information content (AvgIpc) is 2.54. The van der Waals surface area contributed by atoms with Gasteiger partial charge in [-0.1, -0.05) is 6.07 Å². The molecule has 1 aromatic heterocycles. The van der Waals surface area contributed by atoms with E-state index in [2.05, 4.69) is 10.2 Å². The van der Waals surface area contributed by atoms with Gasteiger partial charge in [0.05, 0.1) is 5.69 Å². The molecule has 0 bridgehead atoms. The number of hydrogen-bond donors (Lipinski definition) is 2.